The predicted molar refractivity (Wildman–Crippen MR) is 81.4 cm³/mol. The van der Waals surface area contributed by atoms with E-state index in [0.717, 1.165) is 0 Å². The lowest BCUT2D eigenvalue weighted by Gasteiger charge is -2.36. The SMILES string of the molecule is CC(=O)OC[C@@H]1O[C@H](n2cc(C)c(=O)[nH]c2=O)CC[C@H]1OC(C)=O. The van der Waals surface area contributed by atoms with Crippen LogP contribution in [0.3, 0.4) is 0 Å². The predicted octanol–water partition coefficient (Wildman–Crippen LogP) is 0.0174. The summed E-state index contributed by atoms with van der Waals surface area (Å²) >= 11 is 0. The third-order valence-corrected chi connectivity index (χ3v) is 3.67. The molecule has 9 nitrogen and oxygen atoms in total. The number of ether oxygens (including phenoxy) is 3. The van der Waals surface area contributed by atoms with Gasteiger partial charge in [0.15, 0.2) is 0 Å². The summed E-state index contributed by atoms with van der Waals surface area (Å²) in [5.41, 5.74) is -0.675. The molecule has 9 heteroatoms. The highest BCUT2D eigenvalue weighted by atomic mass is 16.6. The van der Waals surface area contributed by atoms with Crippen molar-refractivity contribution in [2.24, 2.45) is 0 Å². The molecule has 132 valence electrons. The molecule has 1 saturated heterocycles. The van der Waals surface area contributed by atoms with E-state index >= 15 is 0 Å². The fraction of sp³-hybridized carbons (Fsp3) is 0.600. The molecular formula is C15H20N2O7. The first-order chi connectivity index (χ1) is 11.3. The highest BCUT2D eigenvalue weighted by Crippen LogP contribution is 2.28. The zero-order chi connectivity index (χ0) is 17.9. The molecule has 24 heavy (non-hydrogen) atoms. The van der Waals surface area contributed by atoms with Gasteiger partial charge in [0.05, 0.1) is 0 Å². The maximum absolute atomic E-state index is 12.0. The number of rotatable bonds is 4. The Kier molecular flexibility index (Phi) is 5.55. The van der Waals surface area contributed by atoms with Crippen molar-refractivity contribution in [2.45, 2.75) is 52.0 Å². The zero-order valence-corrected chi connectivity index (χ0v) is 13.7. The van der Waals surface area contributed by atoms with Crippen molar-refractivity contribution in [3.05, 3.63) is 32.6 Å². The summed E-state index contributed by atoms with van der Waals surface area (Å²) in [7, 11) is 0. The Bertz CT molecular complexity index is 736. The van der Waals surface area contributed by atoms with Gasteiger partial charge in [0.1, 0.15) is 25.0 Å². The number of carbonyl (C=O) groups is 2. The molecule has 0 bridgehead atoms. The van der Waals surface area contributed by atoms with Crippen LogP contribution in [0.1, 0.15) is 38.5 Å². The second kappa shape index (κ2) is 7.43. The van der Waals surface area contributed by atoms with Crippen molar-refractivity contribution in [2.75, 3.05) is 6.61 Å². The number of carbonyl (C=O) groups excluding carboxylic acids is 2. The van der Waals surface area contributed by atoms with E-state index in [1.54, 1.807) is 6.92 Å². The van der Waals surface area contributed by atoms with E-state index in [4.69, 9.17) is 14.2 Å². The molecule has 0 aliphatic carbocycles. The third-order valence-electron chi connectivity index (χ3n) is 3.67. The molecular weight excluding hydrogens is 320 g/mol. The van der Waals surface area contributed by atoms with Gasteiger partial charge in [-0.05, 0) is 19.8 Å². The number of esters is 2. The van der Waals surface area contributed by atoms with Crippen molar-refractivity contribution in [3.8, 4) is 0 Å². The number of nitrogens with zero attached hydrogens (tertiary/aromatic N) is 1. The van der Waals surface area contributed by atoms with Crippen molar-refractivity contribution >= 4 is 11.9 Å². The minimum atomic E-state index is -0.698. The largest absolute Gasteiger partial charge is 0.463 e. The van der Waals surface area contributed by atoms with Gasteiger partial charge in [-0.15, -0.1) is 0 Å². The van der Waals surface area contributed by atoms with Crippen LogP contribution in [0.5, 0.6) is 0 Å². The molecule has 2 rings (SSSR count). The second-order valence-electron chi connectivity index (χ2n) is 5.64. The summed E-state index contributed by atoms with van der Waals surface area (Å²) in [5.74, 6) is -0.953. The smallest absolute Gasteiger partial charge is 0.330 e. The highest BCUT2D eigenvalue weighted by molar-refractivity contribution is 5.66. The highest BCUT2D eigenvalue weighted by Gasteiger charge is 2.35. The van der Waals surface area contributed by atoms with Crippen LogP contribution in [-0.4, -0.2) is 40.3 Å². The molecule has 1 aromatic heterocycles. The number of aromatic nitrogens is 2. The van der Waals surface area contributed by atoms with E-state index in [1.807, 2.05) is 0 Å². The summed E-state index contributed by atoms with van der Waals surface area (Å²) < 4.78 is 17.2. The molecule has 1 aliphatic heterocycles. The molecule has 1 N–H and O–H groups in total. The molecule has 3 atom stereocenters. The van der Waals surface area contributed by atoms with E-state index in [-0.39, 0.29) is 6.61 Å². The lowest BCUT2D eigenvalue weighted by atomic mass is 10.0. The monoisotopic (exact) mass is 340 g/mol. The Morgan fingerprint density at radius 2 is 2.00 bits per heavy atom. The maximum Gasteiger partial charge on any atom is 0.330 e. The topological polar surface area (TPSA) is 117 Å². The standard InChI is InChI=1S/C15H20N2O7/c1-8-6-17(15(21)16-14(8)20)13-5-4-11(23-10(3)19)12(24-13)7-22-9(2)18/h6,11-13H,4-5,7H2,1-3H3,(H,16,20,21)/t11-,12+,13+/m1/s1. The van der Waals surface area contributed by atoms with Gasteiger partial charge >= 0.3 is 17.6 Å². The normalized spacial score (nSPS) is 23.5. The zero-order valence-electron chi connectivity index (χ0n) is 13.7. The molecule has 1 aliphatic rings. The average Bonchev–Trinajstić information content (AvgIpc) is 2.49. The van der Waals surface area contributed by atoms with Crippen molar-refractivity contribution in [1.82, 2.24) is 9.55 Å². The first kappa shape index (κ1) is 17.9. The Morgan fingerprint density at radius 1 is 1.29 bits per heavy atom. The van der Waals surface area contributed by atoms with E-state index < -0.39 is 41.6 Å². The Labute approximate surface area is 137 Å². The summed E-state index contributed by atoms with van der Waals surface area (Å²) in [4.78, 5) is 47.9. The van der Waals surface area contributed by atoms with Gasteiger partial charge in [0.25, 0.3) is 5.56 Å². The Morgan fingerprint density at radius 3 is 2.62 bits per heavy atom. The number of aromatic amines is 1. The molecule has 0 radical (unpaired) electrons. The van der Waals surface area contributed by atoms with Crippen molar-refractivity contribution in [1.29, 1.82) is 0 Å². The van der Waals surface area contributed by atoms with Gasteiger partial charge in [-0.1, -0.05) is 0 Å². The summed E-state index contributed by atoms with van der Waals surface area (Å²) in [6, 6.07) is 0. The fourth-order valence-electron chi connectivity index (χ4n) is 2.55. The summed E-state index contributed by atoms with van der Waals surface area (Å²) in [6.07, 6.45) is 0.329. The van der Waals surface area contributed by atoms with Crippen LogP contribution in [0.4, 0.5) is 0 Å². The molecule has 0 spiro atoms. The van der Waals surface area contributed by atoms with Gasteiger partial charge < -0.3 is 14.2 Å². The van der Waals surface area contributed by atoms with Crippen molar-refractivity contribution in [3.63, 3.8) is 0 Å². The lowest BCUT2D eigenvalue weighted by Crippen LogP contribution is -2.45. The van der Waals surface area contributed by atoms with Crippen LogP contribution in [0.2, 0.25) is 0 Å². The fourth-order valence-corrected chi connectivity index (χ4v) is 2.55. The van der Waals surface area contributed by atoms with E-state index in [0.29, 0.717) is 18.4 Å². The Balaban J connectivity index is 2.21. The average molecular weight is 340 g/mol. The van der Waals surface area contributed by atoms with Gasteiger partial charge in [-0.3, -0.25) is 23.9 Å². The third kappa shape index (κ3) is 4.31. The van der Waals surface area contributed by atoms with Crippen LogP contribution in [0, 0.1) is 6.92 Å². The Hall–Kier alpha value is -2.42. The minimum absolute atomic E-state index is 0.0964. The first-order valence-corrected chi connectivity index (χ1v) is 7.56. The van der Waals surface area contributed by atoms with Gasteiger partial charge in [-0.25, -0.2) is 4.79 Å². The quantitative estimate of drug-likeness (QED) is 0.768. The van der Waals surface area contributed by atoms with Crippen LogP contribution in [-0.2, 0) is 23.8 Å². The molecule has 0 saturated carbocycles. The molecule has 1 fully saturated rings. The molecule has 0 amide bonds. The van der Waals surface area contributed by atoms with E-state index in [9.17, 15) is 19.2 Å². The van der Waals surface area contributed by atoms with Gasteiger partial charge in [0, 0.05) is 25.6 Å². The molecule has 0 aromatic carbocycles. The number of aryl methyl sites for hydroxylation is 1. The van der Waals surface area contributed by atoms with Crippen molar-refractivity contribution < 1.29 is 23.8 Å². The molecule has 2 heterocycles. The van der Waals surface area contributed by atoms with Crippen LogP contribution >= 0.6 is 0 Å². The lowest BCUT2D eigenvalue weighted by molar-refractivity contribution is -0.192. The van der Waals surface area contributed by atoms with Gasteiger partial charge in [-0.2, -0.15) is 0 Å². The maximum atomic E-state index is 12.0. The van der Waals surface area contributed by atoms with E-state index in [1.165, 1.54) is 24.6 Å². The minimum Gasteiger partial charge on any atom is -0.463 e. The summed E-state index contributed by atoms with van der Waals surface area (Å²) in [6.45, 7) is 4.03. The van der Waals surface area contributed by atoms with Crippen LogP contribution < -0.4 is 11.2 Å². The number of H-pyrrole nitrogens is 1. The number of nitrogens with one attached hydrogen (secondary N) is 1. The van der Waals surface area contributed by atoms with Crippen LogP contribution in [0.15, 0.2) is 15.8 Å². The number of hydrogen-bond acceptors (Lipinski definition) is 7. The second-order valence-corrected chi connectivity index (χ2v) is 5.64. The van der Waals surface area contributed by atoms with Crippen LogP contribution in [0.25, 0.3) is 0 Å². The first-order valence-electron chi connectivity index (χ1n) is 7.56. The molecule has 1 aromatic rings. The van der Waals surface area contributed by atoms with Gasteiger partial charge in [0.2, 0.25) is 0 Å². The molecule has 0 unspecified atom stereocenters. The summed E-state index contributed by atoms with van der Waals surface area (Å²) in [5, 5.41) is 0. The number of hydrogen-bond donors (Lipinski definition) is 1. The van der Waals surface area contributed by atoms with E-state index in [2.05, 4.69) is 4.98 Å².